The molecule has 0 aliphatic rings. The number of nitrogens with one attached hydrogen (secondary N) is 1. The number of nitrogens with two attached hydrogens (primary N) is 1. The van der Waals surface area contributed by atoms with Crippen LogP contribution in [0.5, 0.6) is 0 Å². The minimum absolute atomic E-state index is 0.108. The molecule has 0 atom stereocenters. The van der Waals surface area contributed by atoms with Crippen molar-refractivity contribution in [1.82, 2.24) is 0 Å². The normalized spacial score (nSPS) is 11.2. The summed E-state index contributed by atoms with van der Waals surface area (Å²) in [4.78, 5) is 10.7. The molecule has 0 aliphatic heterocycles. The summed E-state index contributed by atoms with van der Waals surface area (Å²) in [6.45, 7) is 8.67. The quantitative estimate of drug-likeness (QED) is 0.820. The molecule has 0 saturated carbocycles. The van der Waals surface area contributed by atoms with Gasteiger partial charge in [-0.05, 0) is 29.5 Å². The molecule has 1 rings (SSSR count). The van der Waals surface area contributed by atoms with Crippen molar-refractivity contribution in [3.05, 3.63) is 29.3 Å². The van der Waals surface area contributed by atoms with Crippen molar-refractivity contribution in [3.8, 4) is 0 Å². The van der Waals surface area contributed by atoms with Gasteiger partial charge >= 0.3 is 0 Å². The van der Waals surface area contributed by atoms with E-state index in [1.165, 1.54) is 5.56 Å². The highest BCUT2D eigenvalue weighted by Crippen LogP contribution is 2.26. The van der Waals surface area contributed by atoms with Gasteiger partial charge in [0.2, 0.25) is 5.91 Å². The molecule has 3 N–H and O–H groups in total. The van der Waals surface area contributed by atoms with E-state index >= 15 is 0 Å². The van der Waals surface area contributed by atoms with Gasteiger partial charge in [-0.2, -0.15) is 0 Å². The first kappa shape index (κ1) is 12.6. The lowest BCUT2D eigenvalue weighted by Gasteiger charge is -2.21. The van der Waals surface area contributed by atoms with Crippen LogP contribution in [0.25, 0.3) is 0 Å². The number of carbonyl (C=O) groups is 1. The average Bonchev–Trinajstić information content (AvgIpc) is 2.14. The molecule has 0 bridgehead atoms. The molecule has 3 heteroatoms. The van der Waals surface area contributed by atoms with E-state index in [0.29, 0.717) is 0 Å². The lowest BCUT2D eigenvalue weighted by Crippen LogP contribution is -2.22. The molecule has 1 aromatic carbocycles. The first-order valence-electron chi connectivity index (χ1n) is 5.44. The van der Waals surface area contributed by atoms with E-state index in [1.807, 2.05) is 6.92 Å². The van der Waals surface area contributed by atoms with Crippen LogP contribution in [-0.2, 0) is 10.2 Å². The molecule has 88 valence electrons. The topological polar surface area (TPSA) is 55.1 Å². The Kier molecular flexibility index (Phi) is 3.58. The summed E-state index contributed by atoms with van der Waals surface area (Å²) in [7, 11) is 0. The summed E-state index contributed by atoms with van der Waals surface area (Å²) < 4.78 is 0. The highest BCUT2D eigenvalue weighted by atomic mass is 16.1. The zero-order valence-electron chi connectivity index (χ0n) is 10.4. The van der Waals surface area contributed by atoms with Crippen molar-refractivity contribution in [2.75, 3.05) is 11.9 Å². The number of carbonyl (C=O) groups excluding carboxylic acids is 1. The van der Waals surface area contributed by atoms with Crippen LogP contribution in [0.1, 0.15) is 31.9 Å². The van der Waals surface area contributed by atoms with Crippen LogP contribution in [0, 0.1) is 6.92 Å². The molecular weight excluding hydrogens is 200 g/mol. The smallest absolute Gasteiger partial charge is 0.236 e. The van der Waals surface area contributed by atoms with E-state index in [4.69, 9.17) is 5.73 Å². The number of anilines is 1. The molecule has 0 saturated heterocycles. The Labute approximate surface area is 97.0 Å². The average molecular weight is 220 g/mol. The Morgan fingerprint density at radius 1 is 1.38 bits per heavy atom. The van der Waals surface area contributed by atoms with Gasteiger partial charge in [-0.1, -0.05) is 32.9 Å². The van der Waals surface area contributed by atoms with E-state index in [9.17, 15) is 4.79 Å². The number of amides is 1. The molecule has 1 aromatic rings. The zero-order valence-corrected chi connectivity index (χ0v) is 10.4. The van der Waals surface area contributed by atoms with Crippen molar-refractivity contribution in [2.24, 2.45) is 5.73 Å². The van der Waals surface area contributed by atoms with Crippen LogP contribution in [0.2, 0.25) is 0 Å². The highest BCUT2D eigenvalue weighted by Gasteiger charge is 2.14. The molecule has 1 amide bonds. The third-order valence-electron chi connectivity index (χ3n) is 2.56. The second kappa shape index (κ2) is 4.56. The fourth-order valence-electron chi connectivity index (χ4n) is 1.46. The maximum Gasteiger partial charge on any atom is 0.236 e. The summed E-state index contributed by atoms with van der Waals surface area (Å²) in [5.74, 6) is -0.347. The molecule has 0 unspecified atom stereocenters. The Morgan fingerprint density at radius 3 is 2.50 bits per heavy atom. The molecule has 3 nitrogen and oxygen atoms in total. The lowest BCUT2D eigenvalue weighted by molar-refractivity contribution is -0.116. The third-order valence-corrected chi connectivity index (χ3v) is 2.56. The Balaban J connectivity index is 2.95. The molecule has 0 heterocycles. The van der Waals surface area contributed by atoms with Crippen LogP contribution >= 0.6 is 0 Å². The number of hydrogen-bond acceptors (Lipinski definition) is 2. The van der Waals surface area contributed by atoms with E-state index < -0.39 is 0 Å². The van der Waals surface area contributed by atoms with Crippen LogP contribution in [-0.4, -0.2) is 12.5 Å². The summed E-state index contributed by atoms with van der Waals surface area (Å²) in [6.07, 6.45) is 0. The standard InChI is InChI=1S/C13H20N2O/c1-9-5-6-10(13(2,3)4)7-11(9)15-8-12(14)16/h5-7,15H,8H2,1-4H3,(H2,14,16). The van der Waals surface area contributed by atoms with Gasteiger partial charge in [0.25, 0.3) is 0 Å². The maximum atomic E-state index is 10.7. The monoisotopic (exact) mass is 220 g/mol. The van der Waals surface area contributed by atoms with Gasteiger partial charge in [0.05, 0.1) is 6.54 Å². The highest BCUT2D eigenvalue weighted by molar-refractivity contribution is 5.79. The van der Waals surface area contributed by atoms with Gasteiger partial charge in [-0.25, -0.2) is 0 Å². The first-order chi connectivity index (χ1) is 7.30. The molecule has 0 spiro atoms. The minimum atomic E-state index is -0.347. The second-order valence-electron chi connectivity index (χ2n) is 5.10. The summed E-state index contributed by atoms with van der Waals surface area (Å²) in [5, 5.41) is 3.05. The van der Waals surface area contributed by atoms with E-state index in [2.05, 4.69) is 44.3 Å². The molecule has 0 aliphatic carbocycles. The molecule has 16 heavy (non-hydrogen) atoms. The van der Waals surface area contributed by atoms with Gasteiger partial charge in [0.1, 0.15) is 0 Å². The number of hydrogen-bond donors (Lipinski definition) is 2. The zero-order chi connectivity index (χ0) is 12.3. The largest absolute Gasteiger partial charge is 0.376 e. The van der Waals surface area contributed by atoms with E-state index in [0.717, 1.165) is 11.3 Å². The predicted molar refractivity (Wildman–Crippen MR) is 67.6 cm³/mol. The SMILES string of the molecule is Cc1ccc(C(C)(C)C)cc1NCC(N)=O. The van der Waals surface area contributed by atoms with Crippen LogP contribution in [0.15, 0.2) is 18.2 Å². The number of rotatable bonds is 3. The van der Waals surface area contributed by atoms with Gasteiger partial charge in [0.15, 0.2) is 0 Å². The number of aryl methyl sites for hydroxylation is 1. The first-order valence-corrected chi connectivity index (χ1v) is 5.44. The van der Waals surface area contributed by atoms with Gasteiger partial charge in [-0.3, -0.25) is 4.79 Å². The van der Waals surface area contributed by atoms with Crippen molar-refractivity contribution in [3.63, 3.8) is 0 Å². The predicted octanol–water partition coefficient (Wildman–Crippen LogP) is 2.19. The Morgan fingerprint density at radius 2 is 2.00 bits per heavy atom. The van der Waals surface area contributed by atoms with Crippen molar-refractivity contribution >= 4 is 11.6 Å². The third kappa shape index (κ3) is 3.26. The van der Waals surface area contributed by atoms with Crippen molar-refractivity contribution < 1.29 is 4.79 Å². The van der Waals surface area contributed by atoms with Crippen molar-refractivity contribution in [1.29, 1.82) is 0 Å². The van der Waals surface area contributed by atoms with Crippen molar-refractivity contribution in [2.45, 2.75) is 33.1 Å². The molecule has 0 aromatic heterocycles. The van der Waals surface area contributed by atoms with Crippen LogP contribution < -0.4 is 11.1 Å². The maximum absolute atomic E-state index is 10.7. The molecule has 0 fully saturated rings. The Hall–Kier alpha value is -1.51. The van der Waals surface area contributed by atoms with Gasteiger partial charge in [0, 0.05) is 5.69 Å². The van der Waals surface area contributed by atoms with E-state index in [-0.39, 0.29) is 17.9 Å². The lowest BCUT2D eigenvalue weighted by atomic mass is 9.86. The van der Waals surface area contributed by atoms with E-state index in [1.54, 1.807) is 0 Å². The fourth-order valence-corrected chi connectivity index (χ4v) is 1.46. The summed E-state index contributed by atoms with van der Waals surface area (Å²) in [5.41, 5.74) is 8.56. The molecule has 0 radical (unpaired) electrons. The fraction of sp³-hybridized carbons (Fsp3) is 0.462. The summed E-state index contributed by atoms with van der Waals surface area (Å²) >= 11 is 0. The molecular formula is C13H20N2O. The van der Waals surface area contributed by atoms with Gasteiger partial charge in [-0.15, -0.1) is 0 Å². The van der Waals surface area contributed by atoms with Crippen LogP contribution in [0.4, 0.5) is 5.69 Å². The Bertz CT molecular complexity index is 391. The number of benzene rings is 1. The minimum Gasteiger partial charge on any atom is -0.376 e. The van der Waals surface area contributed by atoms with Crippen LogP contribution in [0.3, 0.4) is 0 Å². The second-order valence-corrected chi connectivity index (χ2v) is 5.10. The summed E-state index contributed by atoms with van der Waals surface area (Å²) in [6, 6.07) is 6.26. The van der Waals surface area contributed by atoms with Gasteiger partial charge < -0.3 is 11.1 Å². The number of primary amides is 1.